The van der Waals surface area contributed by atoms with Crippen LogP contribution in [0.5, 0.6) is 11.6 Å². The van der Waals surface area contributed by atoms with Gasteiger partial charge in [-0.1, -0.05) is 22.0 Å². The molecule has 0 atom stereocenters. The highest BCUT2D eigenvalue weighted by Gasteiger charge is 2.03. The van der Waals surface area contributed by atoms with E-state index in [1.54, 1.807) is 0 Å². The summed E-state index contributed by atoms with van der Waals surface area (Å²) in [6, 6.07) is 6.98. The van der Waals surface area contributed by atoms with Crippen molar-refractivity contribution < 1.29 is 4.74 Å². The van der Waals surface area contributed by atoms with E-state index in [1.165, 1.54) is 12.4 Å². The number of aromatic amines is 1. The van der Waals surface area contributed by atoms with E-state index in [9.17, 15) is 4.79 Å². The van der Waals surface area contributed by atoms with Crippen molar-refractivity contribution in [2.24, 2.45) is 0 Å². The standard InChI is InChI=1S/C11H9BrN2O2/c1-7-2-3-8(12)4-9(7)16-11-5-10(15)13-6-14-11/h2-6H,1H3,(H,13,14,15). The zero-order chi connectivity index (χ0) is 11.5. The number of nitrogens with zero attached hydrogens (tertiary/aromatic N) is 1. The van der Waals surface area contributed by atoms with Crippen molar-refractivity contribution in [3.05, 3.63) is 51.0 Å². The molecule has 0 unspecified atom stereocenters. The molecule has 0 fully saturated rings. The third kappa shape index (κ3) is 2.49. The molecule has 0 aliphatic heterocycles. The predicted molar refractivity (Wildman–Crippen MR) is 63.8 cm³/mol. The van der Waals surface area contributed by atoms with E-state index in [2.05, 4.69) is 25.9 Å². The van der Waals surface area contributed by atoms with Crippen LogP contribution in [0.1, 0.15) is 5.56 Å². The molecular weight excluding hydrogens is 272 g/mol. The van der Waals surface area contributed by atoms with E-state index in [4.69, 9.17) is 4.74 Å². The highest BCUT2D eigenvalue weighted by molar-refractivity contribution is 9.10. The van der Waals surface area contributed by atoms with Crippen LogP contribution in [0.2, 0.25) is 0 Å². The van der Waals surface area contributed by atoms with Gasteiger partial charge in [0.05, 0.1) is 12.4 Å². The summed E-state index contributed by atoms with van der Waals surface area (Å²) >= 11 is 3.36. The topological polar surface area (TPSA) is 55.0 Å². The average molecular weight is 281 g/mol. The number of nitrogens with one attached hydrogen (secondary N) is 1. The van der Waals surface area contributed by atoms with E-state index in [-0.39, 0.29) is 11.4 Å². The monoisotopic (exact) mass is 280 g/mol. The van der Waals surface area contributed by atoms with Gasteiger partial charge in [-0.2, -0.15) is 0 Å². The molecule has 16 heavy (non-hydrogen) atoms. The molecule has 1 aromatic heterocycles. The fourth-order valence-corrected chi connectivity index (χ4v) is 1.54. The van der Waals surface area contributed by atoms with Crippen molar-refractivity contribution in [1.29, 1.82) is 0 Å². The lowest BCUT2D eigenvalue weighted by atomic mass is 10.2. The summed E-state index contributed by atoms with van der Waals surface area (Å²) in [6.07, 6.45) is 1.31. The average Bonchev–Trinajstić information content (AvgIpc) is 2.24. The van der Waals surface area contributed by atoms with Gasteiger partial charge in [0, 0.05) is 4.47 Å². The normalized spacial score (nSPS) is 10.1. The van der Waals surface area contributed by atoms with Gasteiger partial charge in [0.2, 0.25) is 5.88 Å². The van der Waals surface area contributed by atoms with Gasteiger partial charge in [0.15, 0.2) is 0 Å². The summed E-state index contributed by atoms with van der Waals surface area (Å²) in [6.45, 7) is 1.93. The molecule has 0 amide bonds. The maximum atomic E-state index is 11.0. The third-order valence-corrected chi connectivity index (χ3v) is 2.51. The fraction of sp³-hybridized carbons (Fsp3) is 0.0909. The van der Waals surface area contributed by atoms with Gasteiger partial charge in [-0.25, -0.2) is 4.98 Å². The number of hydrogen-bond donors (Lipinski definition) is 1. The van der Waals surface area contributed by atoms with Crippen LogP contribution in [0, 0.1) is 6.92 Å². The molecule has 1 aromatic carbocycles. The minimum Gasteiger partial charge on any atom is -0.438 e. The summed E-state index contributed by atoms with van der Waals surface area (Å²) in [5.41, 5.74) is 0.739. The van der Waals surface area contributed by atoms with E-state index in [0.29, 0.717) is 5.75 Å². The van der Waals surface area contributed by atoms with E-state index >= 15 is 0 Å². The Morgan fingerprint density at radius 1 is 1.38 bits per heavy atom. The number of ether oxygens (including phenoxy) is 1. The number of aryl methyl sites for hydroxylation is 1. The number of H-pyrrole nitrogens is 1. The van der Waals surface area contributed by atoms with Crippen LogP contribution in [0.25, 0.3) is 0 Å². The molecule has 2 rings (SSSR count). The highest BCUT2D eigenvalue weighted by atomic mass is 79.9. The Bertz CT molecular complexity index is 566. The first-order valence-corrected chi connectivity index (χ1v) is 5.43. The van der Waals surface area contributed by atoms with Crippen LogP contribution < -0.4 is 10.3 Å². The van der Waals surface area contributed by atoms with Crippen LogP contribution >= 0.6 is 15.9 Å². The minimum atomic E-state index is -0.238. The summed E-state index contributed by atoms with van der Waals surface area (Å²) < 4.78 is 6.42. The van der Waals surface area contributed by atoms with Gasteiger partial charge >= 0.3 is 0 Å². The van der Waals surface area contributed by atoms with Crippen LogP contribution in [-0.4, -0.2) is 9.97 Å². The summed E-state index contributed by atoms with van der Waals surface area (Å²) in [5, 5.41) is 0. The molecule has 0 saturated heterocycles. The zero-order valence-electron chi connectivity index (χ0n) is 8.53. The largest absolute Gasteiger partial charge is 0.438 e. The molecule has 2 aromatic rings. The molecular formula is C11H9BrN2O2. The second kappa shape index (κ2) is 4.49. The number of benzene rings is 1. The quantitative estimate of drug-likeness (QED) is 0.920. The first-order valence-electron chi connectivity index (χ1n) is 4.64. The van der Waals surface area contributed by atoms with Crippen molar-refractivity contribution >= 4 is 15.9 Å². The van der Waals surface area contributed by atoms with Gasteiger partial charge in [0.1, 0.15) is 5.75 Å². The molecule has 0 radical (unpaired) electrons. The second-order valence-corrected chi connectivity index (χ2v) is 4.18. The molecule has 4 nitrogen and oxygen atoms in total. The van der Waals surface area contributed by atoms with Crippen LogP contribution in [0.3, 0.4) is 0 Å². The maximum absolute atomic E-state index is 11.0. The molecule has 1 heterocycles. The number of hydrogen-bond acceptors (Lipinski definition) is 3. The van der Waals surface area contributed by atoms with Crippen molar-refractivity contribution in [2.45, 2.75) is 6.92 Å². The van der Waals surface area contributed by atoms with Gasteiger partial charge in [-0.3, -0.25) is 4.79 Å². The Hall–Kier alpha value is -1.62. The number of halogens is 1. The molecule has 0 bridgehead atoms. The van der Waals surface area contributed by atoms with Gasteiger partial charge in [0.25, 0.3) is 5.56 Å². The maximum Gasteiger partial charge on any atom is 0.254 e. The summed E-state index contributed by atoms with van der Waals surface area (Å²) in [4.78, 5) is 17.4. The highest BCUT2D eigenvalue weighted by Crippen LogP contribution is 2.26. The van der Waals surface area contributed by atoms with Crippen molar-refractivity contribution in [2.75, 3.05) is 0 Å². The Labute approximate surface area is 100 Å². The van der Waals surface area contributed by atoms with Crippen molar-refractivity contribution in [3.63, 3.8) is 0 Å². The molecule has 0 aliphatic rings. The van der Waals surface area contributed by atoms with Crippen LogP contribution in [0.15, 0.2) is 39.9 Å². The summed E-state index contributed by atoms with van der Waals surface area (Å²) in [7, 11) is 0. The lowest BCUT2D eigenvalue weighted by Gasteiger charge is -2.07. The van der Waals surface area contributed by atoms with E-state index < -0.39 is 0 Å². The van der Waals surface area contributed by atoms with Crippen LogP contribution in [0.4, 0.5) is 0 Å². The Morgan fingerprint density at radius 3 is 2.94 bits per heavy atom. The lowest BCUT2D eigenvalue weighted by molar-refractivity contribution is 0.457. The van der Waals surface area contributed by atoms with Gasteiger partial charge < -0.3 is 9.72 Å². The molecule has 1 N–H and O–H groups in total. The van der Waals surface area contributed by atoms with E-state index in [0.717, 1.165) is 10.0 Å². The number of aromatic nitrogens is 2. The number of rotatable bonds is 2. The molecule has 82 valence electrons. The smallest absolute Gasteiger partial charge is 0.254 e. The van der Waals surface area contributed by atoms with Gasteiger partial charge in [-0.15, -0.1) is 0 Å². The van der Waals surface area contributed by atoms with Crippen molar-refractivity contribution in [1.82, 2.24) is 9.97 Å². The van der Waals surface area contributed by atoms with Crippen LogP contribution in [-0.2, 0) is 0 Å². The SMILES string of the molecule is Cc1ccc(Br)cc1Oc1cc(=O)[nH]cn1. The molecule has 0 saturated carbocycles. The second-order valence-electron chi connectivity index (χ2n) is 3.26. The third-order valence-electron chi connectivity index (χ3n) is 2.02. The zero-order valence-corrected chi connectivity index (χ0v) is 10.1. The predicted octanol–water partition coefficient (Wildman–Crippen LogP) is 2.63. The van der Waals surface area contributed by atoms with E-state index in [1.807, 2.05) is 25.1 Å². The van der Waals surface area contributed by atoms with Gasteiger partial charge in [-0.05, 0) is 24.6 Å². The Balaban J connectivity index is 2.33. The molecule has 0 aliphatic carbocycles. The summed E-state index contributed by atoms with van der Waals surface area (Å²) in [5.74, 6) is 0.956. The Kier molecular flexibility index (Phi) is 3.05. The molecule has 5 heteroatoms. The first-order chi connectivity index (χ1) is 7.65. The lowest BCUT2D eigenvalue weighted by Crippen LogP contribution is -2.04. The first kappa shape index (κ1) is 10.9. The molecule has 0 spiro atoms. The van der Waals surface area contributed by atoms with Crippen molar-refractivity contribution in [3.8, 4) is 11.6 Å². The minimum absolute atomic E-state index is 0.238. The fourth-order valence-electron chi connectivity index (χ4n) is 1.20. The Morgan fingerprint density at radius 2 is 2.19 bits per heavy atom.